The Labute approximate surface area is 201 Å². The second-order valence-corrected chi connectivity index (χ2v) is 7.91. The van der Waals surface area contributed by atoms with E-state index in [-0.39, 0.29) is 27.4 Å². The standard InChI is InChI=1S/C24H21Cl2N3O4/c1-3-28(4-2)21-12-10-16(14-20(21)26)27-24(31)18-8-6-5-7-17(18)23(30)15-9-11-19(25)22(13-15)29(32)33/h5-14H,3-4H2,1-2H3,(H,27,31). The Hall–Kier alpha value is -3.42. The molecule has 1 N–H and O–H groups in total. The van der Waals surface area contributed by atoms with E-state index in [1.54, 1.807) is 24.3 Å². The Morgan fingerprint density at radius 2 is 1.61 bits per heavy atom. The lowest BCUT2D eigenvalue weighted by atomic mass is 9.97. The molecule has 0 aliphatic rings. The van der Waals surface area contributed by atoms with Crippen molar-refractivity contribution in [1.29, 1.82) is 0 Å². The van der Waals surface area contributed by atoms with Gasteiger partial charge in [0.2, 0.25) is 0 Å². The van der Waals surface area contributed by atoms with Gasteiger partial charge in [-0.15, -0.1) is 0 Å². The lowest BCUT2D eigenvalue weighted by Gasteiger charge is -2.22. The number of amides is 1. The van der Waals surface area contributed by atoms with Gasteiger partial charge in [0, 0.05) is 36.0 Å². The summed E-state index contributed by atoms with van der Waals surface area (Å²) in [4.78, 5) is 38.7. The Morgan fingerprint density at radius 1 is 0.939 bits per heavy atom. The summed E-state index contributed by atoms with van der Waals surface area (Å²) >= 11 is 12.3. The van der Waals surface area contributed by atoms with Gasteiger partial charge in [-0.2, -0.15) is 0 Å². The van der Waals surface area contributed by atoms with Crippen molar-refractivity contribution in [2.24, 2.45) is 0 Å². The summed E-state index contributed by atoms with van der Waals surface area (Å²) in [5.74, 6) is -1.04. The second kappa shape index (κ2) is 10.5. The van der Waals surface area contributed by atoms with Gasteiger partial charge in [-0.3, -0.25) is 19.7 Å². The largest absolute Gasteiger partial charge is 0.371 e. The number of hydrogen-bond donors (Lipinski definition) is 1. The number of nitro benzene ring substituents is 1. The van der Waals surface area contributed by atoms with Gasteiger partial charge >= 0.3 is 0 Å². The molecule has 170 valence electrons. The highest BCUT2D eigenvalue weighted by Crippen LogP contribution is 2.30. The SMILES string of the molecule is CCN(CC)c1ccc(NC(=O)c2ccccc2C(=O)c2ccc(Cl)c([N+](=O)[O-])c2)cc1Cl. The van der Waals surface area contributed by atoms with Gasteiger partial charge < -0.3 is 10.2 Å². The molecule has 33 heavy (non-hydrogen) atoms. The van der Waals surface area contributed by atoms with Crippen molar-refractivity contribution >= 4 is 52.0 Å². The van der Waals surface area contributed by atoms with Gasteiger partial charge in [-0.1, -0.05) is 41.4 Å². The van der Waals surface area contributed by atoms with E-state index in [1.165, 1.54) is 24.3 Å². The van der Waals surface area contributed by atoms with Crippen molar-refractivity contribution in [3.63, 3.8) is 0 Å². The number of anilines is 2. The van der Waals surface area contributed by atoms with Gasteiger partial charge in [0.1, 0.15) is 5.02 Å². The zero-order valence-electron chi connectivity index (χ0n) is 18.0. The second-order valence-electron chi connectivity index (χ2n) is 7.09. The molecule has 0 fully saturated rings. The number of nitrogens with zero attached hydrogens (tertiary/aromatic N) is 2. The van der Waals surface area contributed by atoms with Crippen LogP contribution in [-0.4, -0.2) is 29.7 Å². The van der Waals surface area contributed by atoms with E-state index >= 15 is 0 Å². The fourth-order valence-electron chi connectivity index (χ4n) is 3.43. The molecule has 3 aromatic rings. The Kier molecular flexibility index (Phi) is 7.68. The Morgan fingerprint density at radius 3 is 2.21 bits per heavy atom. The molecule has 0 bridgehead atoms. The fraction of sp³-hybridized carbons (Fsp3) is 0.167. The molecule has 3 rings (SSSR count). The quantitative estimate of drug-likeness (QED) is 0.232. The monoisotopic (exact) mass is 485 g/mol. The van der Waals surface area contributed by atoms with Crippen LogP contribution in [0.25, 0.3) is 0 Å². The van der Waals surface area contributed by atoms with Crippen LogP contribution in [-0.2, 0) is 0 Å². The van der Waals surface area contributed by atoms with Crippen molar-refractivity contribution in [3.8, 4) is 0 Å². The van der Waals surface area contributed by atoms with Crippen molar-refractivity contribution in [2.75, 3.05) is 23.3 Å². The highest BCUT2D eigenvalue weighted by Gasteiger charge is 2.22. The van der Waals surface area contributed by atoms with E-state index in [0.29, 0.717) is 10.7 Å². The van der Waals surface area contributed by atoms with Crippen LogP contribution < -0.4 is 10.2 Å². The van der Waals surface area contributed by atoms with Gasteiger partial charge in [0.05, 0.1) is 21.2 Å². The average Bonchev–Trinajstić information content (AvgIpc) is 2.80. The van der Waals surface area contributed by atoms with Crippen LogP contribution in [0, 0.1) is 10.1 Å². The highest BCUT2D eigenvalue weighted by molar-refractivity contribution is 6.34. The number of hydrogen-bond acceptors (Lipinski definition) is 5. The van der Waals surface area contributed by atoms with Crippen molar-refractivity contribution in [1.82, 2.24) is 0 Å². The van der Waals surface area contributed by atoms with Crippen molar-refractivity contribution in [3.05, 3.63) is 97.5 Å². The maximum absolute atomic E-state index is 13.1. The normalized spacial score (nSPS) is 10.5. The lowest BCUT2D eigenvalue weighted by Crippen LogP contribution is -2.22. The van der Waals surface area contributed by atoms with Gasteiger partial charge in [-0.05, 0) is 50.2 Å². The predicted molar refractivity (Wildman–Crippen MR) is 131 cm³/mol. The van der Waals surface area contributed by atoms with Crippen LogP contribution in [0.2, 0.25) is 10.0 Å². The molecule has 0 spiro atoms. The number of nitro groups is 1. The zero-order valence-corrected chi connectivity index (χ0v) is 19.5. The molecule has 9 heteroatoms. The minimum absolute atomic E-state index is 0.0537. The van der Waals surface area contributed by atoms with E-state index < -0.39 is 16.6 Å². The van der Waals surface area contributed by atoms with Gasteiger partial charge in [-0.25, -0.2) is 0 Å². The minimum atomic E-state index is -0.663. The van der Waals surface area contributed by atoms with E-state index in [4.69, 9.17) is 23.2 Å². The number of nitrogens with one attached hydrogen (secondary N) is 1. The maximum atomic E-state index is 13.1. The smallest absolute Gasteiger partial charge is 0.288 e. The molecule has 0 aromatic heterocycles. The molecule has 0 atom stereocenters. The van der Waals surface area contributed by atoms with Gasteiger partial charge in [0.15, 0.2) is 5.78 Å². The summed E-state index contributed by atoms with van der Waals surface area (Å²) < 4.78 is 0. The molecule has 3 aromatic carbocycles. The molecular formula is C24H21Cl2N3O4. The average molecular weight is 486 g/mol. The molecule has 0 unspecified atom stereocenters. The molecule has 0 heterocycles. The van der Waals surface area contributed by atoms with E-state index in [9.17, 15) is 19.7 Å². The van der Waals surface area contributed by atoms with Crippen LogP contribution in [0.1, 0.15) is 40.1 Å². The minimum Gasteiger partial charge on any atom is -0.371 e. The Balaban J connectivity index is 1.90. The fourth-order valence-corrected chi connectivity index (χ4v) is 3.92. The first-order valence-electron chi connectivity index (χ1n) is 10.2. The first kappa shape index (κ1) is 24.2. The lowest BCUT2D eigenvalue weighted by molar-refractivity contribution is -0.384. The number of carbonyl (C=O) groups excluding carboxylic acids is 2. The molecule has 0 saturated carbocycles. The van der Waals surface area contributed by atoms with Gasteiger partial charge in [0.25, 0.3) is 11.6 Å². The van der Waals surface area contributed by atoms with E-state index in [1.807, 2.05) is 19.9 Å². The van der Waals surface area contributed by atoms with Crippen LogP contribution in [0.5, 0.6) is 0 Å². The topological polar surface area (TPSA) is 92.6 Å². The summed E-state index contributed by atoms with van der Waals surface area (Å²) in [6.45, 7) is 5.64. The molecule has 0 radical (unpaired) electrons. The molecule has 7 nitrogen and oxygen atoms in total. The van der Waals surface area contributed by atoms with Crippen molar-refractivity contribution in [2.45, 2.75) is 13.8 Å². The number of rotatable bonds is 8. The van der Waals surface area contributed by atoms with Crippen LogP contribution in [0.3, 0.4) is 0 Å². The summed E-state index contributed by atoms with van der Waals surface area (Å²) in [6, 6.07) is 15.3. The zero-order chi connectivity index (χ0) is 24.1. The number of carbonyl (C=O) groups is 2. The number of ketones is 1. The van der Waals surface area contributed by atoms with Crippen LogP contribution in [0.15, 0.2) is 60.7 Å². The van der Waals surface area contributed by atoms with Crippen molar-refractivity contribution < 1.29 is 14.5 Å². The highest BCUT2D eigenvalue weighted by atomic mass is 35.5. The van der Waals surface area contributed by atoms with E-state index in [2.05, 4.69) is 10.2 Å². The molecule has 1 amide bonds. The van der Waals surface area contributed by atoms with Crippen LogP contribution >= 0.6 is 23.2 Å². The maximum Gasteiger partial charge on any atom is 0.288 e. The summed E-state index contributed by atoms with van der Waals surface area (Å²) in [5.41, 5.74) is 1.25. The third-order valence-electron chi connectivity index (χ3n) is 5.13. The Bertz CT molecular complexity index is 1230. The predicted octanol–water partition coefficient (Wildman–Crippen LogP) is 6.23. The molecule has 0 aliphatic carbocycles. The van der Waals surface area contributed by atoms with E-state index in [0.717, 1.165) is 24.8 Å². The number of halogens is 2. The third-order valence-corrected chi connectivity index (χ3v) is 5.75. The third kappa shape index (κ3) is 5.32. The summed E-state index contributed by atoms with van der Waals surface area (Å²) in [6.07, 6.45) is 0. The first-order valence-corrected chi connectivity index (χ1v) is 11.0. The molecule has 0 saturated heterocycles. The number of benzene rings is 3. The van der Waals surface area contributed by atoms with Crippen LogP contribution in [0.4, 0.5) is 17.1 Å². The summed E-state index contributed by atoms with van der Waals surface area (Å²) in [7, 11) is 0. The molecule has 0 aliphatic heterocycles. The first-order chi connectivity index (χ1) is 15.8. The molecular weight excluding hydrogens is 465 g/mol. The summed E-state index contributed by atoms with van der Waals surface area (Å²) in [5, 5.41) is 14.4.